The second kappa shape index (κ2) is 11.6. The summed E-state index contributed by atoms with van der Waals surface area (Å²) in [7, 11) is 0. The van der Waals surface area contributed by atoms with Crippen molar-refractivity contribution < 1.29 is 19.7 Å². The number of ether oxygens (including phenoxy) is 1. The zero-order valence-corrected chi connectivity index (χ0v) is 16.2. The Morgan fingerprint density at radius 3 is 2.85 bits per heavy atom. The van der Waals surface area contributed by atoms with Crippen molar-refractivity contribution in [1.82, 2.24) is 0 Å². The molecule has 148 valence electrons. The Labute approximate surface area is 158 Å². The van der Waals surface area contributed by atoms with E-state index in [1.54, 1.807) is 0 Å². The van der Waals surface area contributed by atoms with E-state index >= 15 is 0 Å². The van der Waals surface area contributed by atoms with E-state index in [-0.39, 0.29) is 12.5 Å². The van der Waals surface area contributed by atoms with Gasteiger partial charge in [0.05, 0.1) is 18.3 Å². The fourth-order valence-corrected chi connectivity index (χ4v) is 4.24. The summed E-state index contributed by atoms with van der Waals surface area (Å²) in [6.45, 7) is 2.18. The largest absolute Gasteiger partial charge is 0.481 e. The van der Waals surface area contributed by atoms with E-state index in [1.165, 1.54) is 12.8 Å². The number of carbonyl (C=O) groups is 1. The summed E-state index contributed by atoms with van der Waals surface area (Å²) in [5.41, 5.74) is 0. The Morgan fingerprint density at radius 2 is 2.08 bits per heavy atom. The molecule has 2 fully saturated rings. The number of hydrogen-bond donors (Lipinski definition) is 2. The summed E-state index contributed by atoms with van der Waals surface area (Å²) in [4.78, 5) is 10.5. The maximum absolute atomic E-state index is 10.5. The highest BCUT2D eigenvalue weighted by Crippen LogP contribution is 2.42. The van der Waals surface area contributed by atoms with Crippen LogP contribution in [0.2, 0.25) is 0 Å². The van der Waals surface area contributed by atoms with E-state index in [0.717, 1.165) is 44.9 Å². The van der Waals surface area contributed by atoms with Crippen LogP contribution in [-0.2, 0) is 9.53 Å². The number of rotatable bonds is 12. The maximum Gasteiger partial charge on any atom is 0.303 e. The molecule has 2 aliphatic heterocycles. The lowest BCUT2D eigenvalue weighted by molar-refractivity contribution is -0.137. The fraction of sp³-hybridized carbons (Fsp3) is 0.773. The van der Waals surface area contributed by atoms with Crippen LogP contribution < -0.4 is 0 Å². The lowest BCUT2D eigenvalue weighted by atomic mass is 9.81. The van der Waals surface area contributed by atoms with Crippen LogP contribution in [0.25, 0.3) is 0 Å². The van der Waals surface area contributed by atoms with Gasteiger partial charge < -0.3 is 14.9 Å². The van der Waals surface area contributed by atoms with E-state index < -0.39 is 5.97 Å². The van der Waals surface area contributed by atoms with Crippen molar-refractivity contribution in [2.24, 2.45) is 11.8 Å². The first kappa shape index (κ1) is 21.2. The topological polar surface area (TPSA) is 66.8 Å². The Hall–Kier alpha value is -1.13. The Morgan fingerprint density at radius 1 is 1.23 bits per heavy atom. The molecule has 2 saturated heterocycles. The summed E-state index contributed by atoms with van der Waals surface area (Å²) in [6.07, 6.45) is 19.4. The van der Waals surface area contributed by atoms with Crippen molar-refractivity contribution in [3.8, 4) is 0 Å². The normalized spacial score (nSPS) is 29.6. The predicted octanol–water partition coefficient (Wildman–Crippen LogP) is 4.87. The molecule has 26 heavy (non-hydrogen) atoms. The van der Waals surface area contributed by atoms with Gasteiger partial charge in [-0.1, -0.05) is 50.5 Å². The highest BCUT2D eigenvalue weighted by Gasteiger charge is 2.41. The van der Waals surface area contributed by atoms with Crippen LogP contribution in [0.5, 0.6) is 0 Å². The van der Waals surface area contributed by atoms with E-state index in [4.69, 9.17) is 9.84 Å². The van der Waals surface area contributed by atoms with Crippen LogP contribution in [-0.4, -0.2) is 34.5 Å². The lowest BCUT2D eigenvalue weighted by Gasteiger charge is -2.35. The molecule has 2 rings (SSSR count). The second-order valence-electron chi connectivity index (χ2n) is 7.88. The zero-order valence-electron chi connectivity index (χ0n) is 16.2. The highest BCUT2D eigenvalue weighted by molar-refractivity contribution is 5.66. The van der Waals surface area contributed by atoms with Crippen molar-refractivity contribution in [2.45, 2.75) is 95.9 Å². The van der Waals surface area contributed by atoms with E-state index in [1.807, 2.05) is 6.08 Å². The third-order valence-electron chi connectivity index (χ3n) is 5.72. The molecule has 0 aromatic rings. The molecule has 5 atom stereocenters. The van der Waals surface area contributed by atoms with Gasteiger partial charge in [-0.05, 0) is 56.8 Å². The van der Waals surface area contributed by atoms with Crippen LogP contribution >= 0.6 is 0 Å². The molecule has 0 aromatic carbocycles. The van der Waals surface area contributed by atoms with Crippen molar-refractivity contribution in [1.29, 1.82) is 0 Å². The quantitative estimate of drug-likeness (QED) is 0.383. The molecule has 0 radical (unpaired) electrons. The first-order valence-electron chi connectivity index (χ1n) is 10.5. The SMILES string of the molecule is CCCCCC(O)C=CC1C[C@H]2CCC(O2)[C@@H]1CC=CCCCC(=O)O. The highest BCUT2D eigenvalue weighted by atomic mass is 16.5. The molecule has 2 N–H and O–H groups in total. The minimum atomic E-state index is -0.723. The van der Waals surface area contributed by atoms with Crippen LogP contribution in [0, 0.1) is 11.8 Å². The summed E-state index contributed by atoms with van der Waals surface area (Å²) in [5.74, 6) is 0.230. The molecule has 0 saturated carbocycles. The average Bonchev–Trinajstić information content (AvgIpc) is 3.00. The number of carboxylic acids is 1. The standard InChI is InChI=1S/C22H36O4/c1-2-3-6-9-18(23)13-12-17-16-19-14-15-21(26-19)20(17)10-7-4-5-8-11-22(24)25/h4,7,12-13,17-21,23H,2-3,5-6,8-11,14-16H2,1H3,(H,24,25)/t17?,18?,19-,20-,21?/m1/s1. The smallest absolute Gasteiger partial charge is 0.303 e. The fourth-order valence-electron chi connectivity index (χ4n) is 4.24. The lowest BCUT2D eigenvalue weighted by Crippen LogP contribution is -2.34. The molecular weight excluding hydrogens is 328 g/mol. The van der Waals surface area contributed by atoms with Gasteiger partial charge in [-0.15, -0.1) is 0 Å². The number of aliphatic hydroxyl groups excluding tert-OH is 1. The molecule has 0 aromatic heterocycles. The first-order chi connectivity index (χ1) is 12.6. The van der Waals surface area contributed by atoms with Crippen molar-refractivity contribution >= 4 is 5.97 Å². The van der Waals surface area contributed by atoms with Crippen molar-refractivity contribution in [3.63, 3.8) is 0 Å². The average molecular weight is 365 g/mol. The summed E-state index contributed by atoms with van der Waals surface area (Å²) < 4.78 is 6.13. The van der Waals surface area contributed by atoms with E-state index in [0.29, 0.717) is 30.5 Å². The number of aliphatic hydroxyl groups is 1. The maximum atomic E-state index is 10.5. The summed E-state index contributed by atoms with van der Waals surface area (Å²) in [6, 6.07) is 0. The monoisotopic (exact) mass is 364 g/mol. The van der Waals surface area contributed by atoms with Crippen LogP contribution in [0.3, 0.4) is 0 Å². The van der Waals surface area contributed by atoms with Gasteiger partial charge in [0.25, 0.3) is 0 Å². The molecule has 0 amide bonds. The Kier molecular flexibility index (Phi) is 9.41. The number of allylic oxidation sites excluding steroid dienone is 3. The molecular formula is C22H36O4. The molecule has 0 spiro atoms. The van der Waals surface area contributed by atoms with Gasteiger partial charge in [-0.3, -0.25) is 4.79 Å². The minimum absolute atomic E-state index is 0.239. The molecule has 4 nitrogen and oxygen atoms in total. The van der Waals surface area contributed by atoms with Crippen molar-refractivity contribution in [2.75, 3.05) is 0 Å². The third kappa shape index (κ3) is 7.24. The van der Waals surface area contributed by atoms with Gasteiger partial charge in [0.2, 0.25) is 0 Å². The number of fused-ring (bicyclic) bond motifs is 2. The van der Waals surface area contributed by atoms with Gasteiger partial charge in [-0.25, -0.2) is 0 Å². The summed E-state index contributed by atoms with van der Waals surface area (Å²) in [5, 5.41) is 18.9. The zero-order chi connectivity index (χ0) is 18.8. The van der Waals surface area contributed by atoms with Crippen LogP contribution in [0.1, 0.15) is 77.6 Å². The number of carboxylic acid groups (broad SMARTS) is 1. The first-order valence-corrected chi connectivity index (χ1v) is 10.5. The van der Waals surface area contributed by atoms with Gasteiger partial charge in [-0.2, -0.15) is 0 Å². The number of unbranched alkanes of at least 4 members (excludes halogenated alkanes) is 3. The molecule has 2 bridgehead atoms. The molecule has 0 aliphatic carbocycles. The molecule has 2 aliphatic rings. The van der Waals surface area contributed by atoms with Crippen LogP contribution in [0.4, 0.5) is 0 Å². The van der Waals surface area contributed by atoms with Gasteiger partial charge >= 0.3 is 5.97 Å². The van der Waals surface area contributed by atoms with Crippen molar-refractivity contribution in [3.05, 3.63) is 24.3 Å². The molecule has 4 heteroatoms. The Balaban J connectivity index is 1.82. The molecule has 2 heterocycles. The van der Waals surface area contributed by atoms with Crippen LogP contribution in [0.15, 0.2) is 24.3 Å². The number of aliphatic carboxylic acids is 1. The minimum Gasteiger partial charge on any atom is -0.481 e. The Bertz CT molecular complexity index is 471. The van der Waals surface area contributed by atoms with Gasteiger partial charge in [0, 0.05) is 6.42 Å². The molecule has 3 unspecified atom stereocenters. The van der Waals surface area contributed by atoms with E-state index in [9.17, 15) is 9.90 Å². The predicted molar refractivity (Wildman–Crippen MR) is 104 cm³/mol. The second-order valence-corrected chi connectivity index (χ2v) is 7.88. The summed E-state index contributed by atoms with van der Waals surface area (Å²) >= 11 is 0. The van der Waals surface area contributed by atoms with E-state index in [2.05, 4.69) is 25.2 Å². The van der Waals surface area contributed by atoms with Gasteiger partial charge in [0.1, 0.15) is 0 Å². The van der Waals surface area contributed by atoms with Gasteiger partial charge in [0.15, 0.2) is 0 Å². The third-order valence-corrected chi connectivity index (χ3v) is 5.72. The number of hydrogen-bond acceptors (Lipinski definition) is 3.